The zero-order chi connectivity index (χ0) is 24.8. The number of rotatable bonds is 5. The minimum atomic E-state index is -0.791. The topological polar surface area (TPSA) is 88.3 Å². The molecule has 1 aromatic heterocycles. The Morgan fingerprint density at radius 1 is 0.972 bits per heavy atom. The minimum Gasteiger partial charge on any atom is -0.461 e. The Morgan fingerprint density at radius 3 is 2.47 bits per heavy atom. The van der Waals surface area contributed by atoms with E-state index in [1.165, 1.54) is 57.8 Å². The Labute approximate surface area is 212 Å². The number of esters is 1. The van der Waals surface area contributed by atoms with Gasteiger partial charge in [-0.05, 0) is 69.4 Å². The maximum atomic E-state index is 13.9. The highest BCUT2D eigenvalue weighted by Crippen LogP contribution is 2.49. The van der Waals surface area contributed by atoms with Gasteiger partial charge in [-0.2, -0.15) is 0 Å². The number of benzene rings is 1. The zero-order valence-corrected chi connectivity index (χ0v) is 21.3. The van der Waals surface area contributed by atoms with Crippen LogP contribution in [0.5, 0.6) is 0 Å². The molecule has 2 aliphatic carbocycles. The number of piperidine rings is 1. The number of hydrogen-bond donors (Lipinski definition) is 1. The van der Waals surface area contributed by atoms with Gasteiger partial charge in [0.2, 0.25) is 0 Å². The molecule has 3 heterocycles. The second-order valence-electron chi connectivity index (χ2n) is 11.5. The third-order valence-corrected chi connectivity index (χ3v) is 9.42. The van der Waals surface area contributed by atoms with E-state index >= 15 is 0 Å². The molecule has 192 valence electrons. The number of nitrogens with one attached hydrogen (secondary N) is 1. The van der Waals surface area contributed by atoms with Gasteiger partial charge in [-0.3, -0.25) is 15.1 Å². The van der Waals surface area contributed by atoms with Crippen LogP contribution in [0.2, 0.25) is 0 Å². The van der Waals surface area contributed by atoms with Crippen LogP contribution < -0.4 is 5.56 Å². The number of ether oxygens (including phenoxy) is 1. The molecule has 2 aliphatic heterocycles. The summed E-state index contributed by atoms with van der Waals surface area (Å²) < 4.78 is 6.94. The highest BCUT2D eigenvalue weighted by Gasteiger charge is 2.49. The van der Waals surface area contributed by atoms with E-state index in [9.17, 15) is 9.59 Å². The molecule has 2 aromatic rings. The van der Waals surface area contributed by atoms with Gasteiger partial charge in [0.15, 0.2) is 11.4 Å². The maximum absolute atomic E-state index is 13.9. The summed E-state index contributed by atoms with van der Waals surface area (Å²) in [7, 11) is 0. The fourth-order valence-electron chi connectivity index (χ4n) is 8.10. The lowest BCUT2D eigenvalue weighted by Gasteiger charge is -2.46. The molecule has 7 heteroatoms. The molecule has 2 saturated heterocycles. The highest BCUT2D eigenvalue weighted by atomic mass is 16.5. The van der Waals surface area contributed by atoms with Gasteiger partial charge in [-0.15, -0.1) is 0 Å². The molecule has 0 radical (unpaired) electrons. The fourth-order valence-corrected chi connectivity index (χ4v) is 8.10. The number of aromatic nitrogens is 2. The molecule has 0 amide bonds. The smallest absolute Gasteiger partial charge is 0.358 e. The SMILES string of the molecule is CCOC(=O)C(=N)c1nc2ccccc2n([C@@H]2C[C@@H]3CCC[C@H]2N3C2CC3CCCCC(C3)C2)c1=O. The lowest BCUT2D eigenvalue weighted by atomic mass is 9.76. The lowest BCUT2D eigenvalue weighted by Crippen LogP contribution is -2.51. The molecule has 36 heavy (non-hydrogen) atoms. The Kier molecular flexibility index (Phi) is 6.44. The molecule has 0 spiro atoms. The van der Waals surface area contributed by atoms with Crippen LogP contribution in [0.15, 0.2) is 29.1 Å². The summed E-state index contributed by atoms with van der Waals surface area (Å²) in [6.45, 7) is 1.86. The second-order valence-corrected chi connectivity index (χ2v) is 11.5. The van der Waals surface area contributed by atoms with Crippen LogP contribution in [0.25, 0.3) is 11.0 Å². The Morgan fingerprint density at radius 2 is 1.72 bits per heavy atom. The summed E-state index contributed by atoms with van der Waals surface area (Å²) in [5, 5.41) is 8.40. The van der Waals surface area contributed by atoms with Gasteiger partial charge in [0.05, 0.1) is 23.7 Å². The van der Waals surface area contributed by atoms with Crippen molar-refractivity contribution in [2.24, 2.45) is 11.8 Å². The van der Waals surface area contributed by atoms with E-state index in [2.05, 4.69) is 9.88 Å². The van der Waals surface area contributed by atoms with Crippen LogP contribution in [0.1, 0.15) is 89.3 Å². The van der Waals surface area contributed by atoms with Crippen molar-refractivity contribution >= 4 is 22.7 Å². The Balaban J connectivity index is 1.40. The van der Waals surface area contributed by atoms with Crippen LogP contribution in [0.3, 0.4) is 0 Å². The van der Waals surface area contributed by atoms with Gasteiger partial charge >= 0.3 is 5.97 Å². The van der Waals surface area contributed by atoms with Gasteiger partial charge in [-0.25, -0.2) is 9.78 Å². The average Bonchev–Trinajstić information content (AvgIpc) is 2.99. The maximum Gasteiger partial charge on any atom is 0.358 e. The number of fused-ring (bicyclic) bond motifs is 5. The molecule has 2 saturated carbocycles. The van der Waals surface area contributed by atoms with E-state index in [0.29, 0.717) is 23.6 Å². The monoisotopic (exact) mass is 490 g/mol. The Hall–Kier alpha value is -2.54. The number of nitrogens with zero attached hydrogens (tertiary/aromatic N) is 3. The minimum absolute atomic E-state index is 0.0376. The van der Waals surface area contributed by atoms with Crippen molar-refractivity contribution in [3.05, 3.63) is 40.3 Å². The van der Waals surface area contributed by atoms with Gasteiger partial charge in [-0.1, -0.05) is 44.2 Å². The predicted octanol–water partition coefficient (Wildman–Crippen LogP) is 4.85. The molecule has 1 N–H and O–H groups in total. The summed E-state index contributed by atoms with van der Waals surface area (Å²) in [5.74, 6) is 0.926. The summed E-state index contributed by atoms with van der Waals surface area (Å²) in [6, 6.07) is 9.16. The number of carbonyl (C=O) groups excluding carboxylic acids is 1. The van der Waals surface area contributed by atoms with Crippen molar-refractivity contribution in [1.29, 1.82) is 5.41 Å². The zero-order valence-electron chi connectivity index (χ0n) is 21.3. The molecular formula is C29H38N4O3. The average molecular weight is 491 g/mol. The fraction of sp³-hybridized carbons (Fsp3) is 0.655. The van der Waals surface area contributed by atoms with Gasteiger partial charge in [0, 0.05) is 18.1 Å². The Bertz CT molecular complexity index is 1210. The van der Waals surface area contributed by atoms with Crippen molar-refractivity contribution in [2.45, 2.75) is 102 Å². The number of carbonyl (C=O) groups is 1. The standard InChI is InChI=1S/C29H38N4O3/c1-2-36-29(35)26(30)27-28(34)33(23-12-6-5-11-22(23)31-27)25-17-20-10-7-13-24(25)32(20)21-15-18-8-3-4-9-19(14-18)16-21/h5-6,11-12,18-21,24-25,30H,2-4,7-10,13-17H2,1H3/t18?,19?,20-,21?,24+,25+/m0/s1. The van der Waals surface area contributed by atoms with E-state index in [1.807, 2.05) is 28.8 Å². The van der Waals surface area contributed by atoms with Gasteiger partial charge in [0.1, 0.15) is 0 Å². The summed E-state index contributed by atoms with van der Waals surface area (Å²) in [4.78, 5) is 33.6. The third kappa shape index (κ3) is 4.09. The number of hydrogen-bond acceptors (Lipinski definition) is 6. The quantitative estimate of drug-likeness (QED) is 0.478. The first-order valence-electron chi connectivity index (χ1n) is 14.1. The molecule has 4 bridgehead atoms. The predicted molar refractivity (Wildman–Crippen MR) is 139 cm³/mol. The second kappa shape index (κ2) is 9.73. The van der Waals surface area contributed by atoms with Crippen LogP contribution in [-0.2, 0) is 9.53 Å². The van der Waals surface area contributed by atoms with Crippen molar-refractivity contribution < 1.29 is 9.53 Å². The van der Waals surface area contributed by atoms with Gasteiger partial charge < -0.3 is 9.30 Å². The molecule has 2 unspecified atom stereocenters. The van der Waals surface area contributed by atoms with Crippen LogP contribution in [-0.4, -0.2) is 50.9 Å². The van der Waals surface area contributed by atoms with Crippen LogP contribution in [0.4, 0.5) is 0 Å². The molecule has 6 rings (SSSR count). The first-order chi connectivity index (χ1) is 17.5. The van der Waals surface area contributed by atoms with Crippen molar-refractivity contribution in [3.63, 3.8) is 0 Å². The first-order valence-corrected chi connectivity index (χ1v) is 14.1. The largest absolute Gasteiger partial charge is 0.461 e. The van der Waals surface area contributed by atoms with E-state index in [1.54, 1.807) is 6.92 Å². The highest BCUT2D eigenvalue weighted by molar-refractivity contribution is 6.41. The van der Waals surface area contributed by atoms with Crippen molar-refractivity contribution in [3.8, 4) is 0 Å². The summed E-state index contributed by atoms with van der Waals surface area (Å²) >= 11 is 0. The van der Waals surface area contributed by atoms with E-state index in [0.717, 1.165) is 30.2 Å². The number of para-hydroxylation sites is 2. The third-order valence-electron chi connectivity index (χ3n) is 9.42. The molecule has 1 aromatic carbocycles. The summed E-state index contributed by atoms with van der Waals surface area (Å²) in [5.41, 5.74) is 0.580. The summed E-state index contributed by atoms with van der Waals surface area (Å²) in [6.07, 6.45) is 14.0. The van der Waals surface area contributed by atoms with Gasteiger partial charge in [0.25, 0.3) is 5.56 Å². The molecule has 7 nitrogen and oxygen atoms in total. The van der Waals surface area contributed by atoms with E-state index in [-0.39, 0.29) is 23.9 Å². The van der Waals surface area contributed by atoms with Crippen molar-refractivity contribution in [2.75, 3.05) is 6.61 Å². The van der Waals surface area contributed by atoms with Crippen LogP contribution in [0, 0.1) is 17.2 Å². The molecule has 5 atom stereocenters. The molecule has 4 fully saturated rings. The van der Waals surface area contributed by atoms with Crippen LogP contribution >= 0.6 is 0 Å². The van der Waals surface area contributed by atoms with E-state index in [4.69, 9.17) is 10.1 Å². The van der Waals surface area contributed by atoms with E-state index < -0.39 is 11.7 Å². The normalized spacial score (nSPS) is 32.2. The first kappa shape index (κ1) is 23.8. The molecular weight excluding hydrogens is 452 g/mol. The lowest BCUT2D eigenvalue weighted by molar-refractivity contribution is -0.135. The van der Waals surface area contributed by atoms with Crippen molar-refractivity contribution in [1.82, 2.24) is 14.5 Å². The molecule has 4 aliphatic rings.